The van der Waals surface area contributed by atoms with Crippen molar-refractivity contribution < 1.29 is 9.53 Å². The maximum absolute atomic E-state index is 10.8. The van der Waals surface area contributed by atoms with Crippen molar-refractivity contribution >= 4 is 17.5 Å². The van der Waals surface area contributed by atoms with E-state index >= 15 is 0 Å². The highest BCUT2D eigenvalue weighted by atomic mass is 35.5. The first-order chi connectivity index (χ1) is 10.1. The highest BCUT2D eigenvalue weighted by molar-refractivity contribution is 6.30. The minimum Gasteiger partial charge on any atom is -0.483 e. The number of primary amides is 1. The van der Waals surface area contributed by atoms with Crippen LogP contribution in [0.5, 0.6) is 5.75 Å². The van der Waals surface area contributed by atoms with Gasteiger partial charge in [-0.15, -0.1) is 0 Å². The van der Waals surface area contributed by atoms with Gasteiger partial charge < -0.3 is 15.8 Å². The van der Waals surface area contributed by atoms with Crippen LogP contribution in [0.2, 0.25) is 5.02 Å². The van der Waals surface area contributed by atoms with Crippen molar-refractivity contribution in [3.8, 4) is 5.75 Å². The molecule has 0 bridgehead atoms. The van der Waals surface area contributed by atoms with Gasteiger partial charge in [-0.2, -0.15) is 0 Å². The standard InChI is InChI=1S/C16H17ClN2O2/c17-14-6-7-15(21-11-16(18)20)13(8-14)10-19-9-12-4-2-1-3-5-12/h1-8,19H,9-11H2,(H2,18,20). The molecule has 0 atom stereocenters. The Morgan fingerprint density at radius 2 is 1.90 bits per heavy atom. The molecule has 4 nitrogen and oxygen atoms in total. The summed E-state index contributed by atoms with van der Waals surface area (Å²) in [5.41, 5.74) is 7.17. The number of amides is 1. The van der Waals surface area contributed by atoms with Gasteiger partial charge >= 0.3 is 0 Å². The number of carbonyl (C=O) groups excluding carboxylic acids is 1. The molecule has 1 amide bonds. The fourth-order valence-corrected chi connectivity index (χ4v) is 2.11. The Bertz CT molecular complexity index is 602. The molecule has 0 aliphatic carbocycles. The lowest BCUT2D eigenvalue weighted by Crippen LogP contribution is -2.21. The van der Waals surface area contributed by atoms with Gasteiger partial charge in [-0.1, -0.05) is 41.9 Å². The van der Waals surface area contributed by atoms with Crippen LogP contribution in [0, 0.1) is 0 Å². The Morgan fingerprint density at radius 1 is 1.14 bits per heavy atom. The van der Waals surface area contributed by atoms with Gasteiger partial charge in [0.05, 0.1) is 0 Å². The molecule has 0 radical (unpaired) electrons. The van der Waals surface area contributed by atoms with Gasteiger partial charge in [-0.05, 0) is 23.8 Å². The summed E-state index contributed by atoms with van der Waals surface area (Å²) in [7, 11) is 0. The van der Waals surface area contributed by atoms with Crippen molar-refractivity contribution in [2.75, 3.05) is 6.61 Å². The molecule has 0 aliphatic heterocycles. The quantitative estimate of drug-likeness (QED) is 0.826. The van der Waals surface area contributed by atoms with E-state index in [0.29, 0.717) is 17.3 Å². The summed E-state index contributed by atoms with van der Waals surface area (Å²) >= 11 is 6.00. The number of nitrogens with two attached hydrogens (primary N) is 1. The van der Waals surface area contributed by atoms with Crippen LogP contribution < -0.4 is 15.8 Å². The molecule has 3 N–H and O–H groups in total. The smallest absolute Gasteiger partial charge is 0.255 e. The topological polar surface area (TPSA) is 64.4 Å². The van der Waals surface area contributed by atoms with E-state index in [1.165, 1.54) is 5.56 Å². The zero-order chi connectivity index (χ0) is 15.1. The first kappa shape index (κ1) is 15.4. The van der Waals surface area contributed by atoms with Crippen molar-refractivity contribution in [2.24, 2.45) is 5.73 Å². The summed E-state index contributed by atoms with van der Waals surface area (Å²) in [4.78, 5) is 10.8. The van der Waals surface area contributed by atoms with Crippen LogP contribution in [-0.4, -0.2) is 12.5 Å². The summed E-state index contributed by atoms with van der Waals surface area (Å²) < 4.78 is 5.38. The molecule has 2 aromatic rings. The summed E-state index contributed by atoms with van der Waals surface area (Å²) in [6, 6.07) is 15.4. The van der Waals surface area contributed by atoms with Crippen LogP contribution in [-0.2, 0) is 17.9 Å². The van der Waals surface area contributed by atoms with Crippen LogP contribution in [0.3, 0.4) is 0 Å². The fourth-order valence-electron chi connectivity index (χ4n) is 1.91. The van der Waals surface area contributed by atoms with Gasteiger partial charge in [0.25, 0.3) is 5.91 Å². The minimum absolute atomic E-state index is 0.146. The van der Waals surface area contributed by atoms with E-state index in [0.717, 1.165) is 12.1 Å². The monoisotopic (exact) mass is 304 g/mol. The molecule has 2 aromatic carbocycles. The first-order valence-electron chi connectivity index (χ1n) is 6.59. The molecule has 110 valence electrons. The van der Waals surface area contributed by atoms with Crippen molar-refractivity contribution in [3.05, 3.63) is 64.7 Å². The van der Waals surface area contributed by atoms with Crippen molar-refractivity contribution in [3.63, 3.8) is 0 Å². The molecule has 2 rings (SSSR count). The van der Waals surface area contributed by atoms with E-state index < -0.39 is 5.91 Å². The Kier molecular flexibility index (Phi) is 5.60. The molecular weight excluding hydrogens is 288 g/mol. The Morgan fingerprint density at radius 3 is 2.62 bits per heavy atom. The highest BCUT2D eigenvalue weighted by Gasteiger charge is 2.06. The third-order valence-corrected chi connectivity index (χ3v) is 3.11. The largest absolute Gasteiger partial charge is 0.483 e. The second-order valence-corrected chi connectivity index (χ2v) is 5.03. The summed E-state index contributed by atoms with van der Waals surface area (Å²) in [5.74, 6) is 0.104. The van der Waals surface area contributed by atoms with E-state index in [-0.39, 0.29) is 6.61 Å². The lowest BCUT2D eigenvalue weighted by atomic mass is 10.2. The number of carbonyl (C=O) groups is 1. The van der Waals surface area contributed by atoms with Crippen molar-refractivity contribution in [1.29, 1.82) is 0 Å². The molecular formula is C16H17ClN2O2. The predicted molar refractivity (Wildman–Crippen MR) is 83.1 cm³/mol. The van der Waals surface area contributed by atoms with E-state index in [9.17, 15) is 4.79 Å². The van der Waals surface area contributed by atoms with Gasteiger partial charge in [0.15, 0.2) is 6.61 Å². The number of hydrogen-bond acceptors (Lipinski definition) is 3. The van der Waals surface area contributed by atoms with Crippen LogP contribution in [0.15, 0.2) is 48.5 Å². The second kappa shape index (κ2) is 7.67. The summed E-state index contributed by atoms with van der Waals surface area (Å²) in [6.45, 7) is 1.18. The van der Waals surface area contributed by atoms with Crippen LogP contribution in [0.25, 0.3) is 0 Å². The van der Waals surface area contributed by atoms with Crippen LogP contribution in [0.1, 0.15) is 11.1 Å². The summed E-state index contributed by atoms with van der Waals surface area (Å²) in [6.07, 6.45) is 0. The maximum Gasteiger partial charge on any atom is 0.255 e. The number of nitrogens with one attached hydrogen (secondary N) is 1. The van der Waals surface area contributed by atoms with Gasteiger partial charge in [0.2, 0.25) is 0 Å². The van der Waals surface area contributed by atoms with Crippen molar-refractivity contribution in [2.45, 2.75) is 13.1 Å². The molecule has 21 heavy (non-hydrogen) atoms. The average Bonchev–Trinajstić information content (AvgIpc) is 2.47. The molecule has 0 saturated heterocycles. The van der Waals surface area contributed by atoms with E-state index in [1.807, 2.05) is 24.3 Å². The first-order valence-corrected chi connectivity index (χ1v) is 6.97. The zero-order valence-electron chi connectivity index (χ0n) is 11.5. The number of ether oxygens (including phenoxy) is 1. The molecule has 0 heterocycles. The van der Waals surface area contributed by atoms with Crippen molar-refractivity contribution in [1.82, 2.24) is 5.32 Å². The molecule has 0 unspecified atom stereocenters. The highest BCUT2D eigenvalue weighted by Crippen LogP contribution is 2.23. The Hall–Kier alpha value is -2.04. The number of hydrogen-bond donors (Lipinski definition) is 2. The third kappa shape index (κ3) is 5.10. The molecule has 0 aliphatic rings. The lowest BCUT2D eigenvalue weighted by molar-refractivity contribution is -0.119. The number of halogens is 1. The molecule has 5 heteroatoms. The molecule has 0 aromatic heterocycles. The minimum atomic E-state index is -0.506. The molecule has 0 spiro atoms. The average molecular weight is 305 g/mol. The molecule has 0 fully saturated rings. The van der Waals surface area contributed by atoms with E-state index in [4.69, 9.17) is 22.1 Å². The summed E-state index contributed by atoms with van der Waals surface area (Å²) in [5, 5.41) is 3.94. The second-order valence-electron chi connectivity index (χ2n) is 4.60. The number of benzene rings is 2. The van der Waals surface area contributed by atoms with E-state index in [1.54, 1.807) is 12.1 Å². The van der Waals surface area contributed by atoms with Gasteiger partial charge in [0, 0.05) is 23.7 Å². The molecule has 0 saturated carbocycles. The van der Waals surface area contributed by atoms with E-state index in [2.05, 4.69) is 17.4 Å². The zero-order valence-corrected chi connectivity index (χ0v) is 12.3. The van der Waals surface area contributed by atoms with Crippen LogP contribution >= 0.6 is 11.6 Å². The normalized spacial score (nSPS) is 10.3. The van der Waals surface area contributed by atoms with Gasteiger partial charge in [-0.3, -0.25) is 4.79 Å². The maximum atomic E-state index is 10.8. The predicted octanol–water partition coefficient (Wildman–Crippen LogP) is 2.49. The SMILES string of the molecule is NC(=O)COc1ccc(Cl)cc1CNCc1ccccc1. The Labute approximate surface area is 128 Å². The number of rotatable bonds is 7. The Balaban J connectivity index is 1.97. The van der Waals surface area contributed by atoms with Gasteiger partial charge in [0.1, 0.15) is 5.75 Å². The fraction of sp³-hybridized carbons (Fsp3) is 0.188. The lowest BCUT2D eigenvalue weighted by Gasteiger charge is -2.12. The van der Waals surface area contributed by atoms with Gasteiger partial charge in [-0.25, -0.2) is 0 Å². The third-order valence-electron chi connectivity index (χ3n) is 2.88. The van der Waals surface area contributed by atoms with Crippen LogP contribution in [0.4, 0.5) is 0 Å².